The maximum Gasteiger partial charge on any atom is 0.149 e. The third kappa shape index (κ3) is 4.42. The molecule has 30 heavy (non-hydrogen) atoms. The van der Waals surface area contributed by atoms with Gasteiger partial charge in [-0.05, 0) is 66.6 Å². The maximum absolute atomic E-state index is 13.1. The highest BCUT2D eigenvalue weighted by Crippen LogP contribution is 2.28. The van der Waals surface area contributed by atoms with Crippen LogP contribution in [-0.4, -0.2) is 9.97 Å². The first-order valence-electron chi connectivity index (χ1n) is 9.27. The van der Waals surface area contributed by atoms with Crippen LogP contribution in [0.5, 0.6) is 5.75 Å². The Morgan fingerprint density at radius 3 is 2.73 bits per heavy atom. The second-order valence-electron chi connectivity index (χ2n) is 6.87. The van der Waals surface area contributed by atoms with Crippen molar-refractivity contribution in [3.05, 3.63) is 93.5 Å². The van der Waals surface area contributed by atoms with Crippen molar-refractivity contribution < 1.29 is 9.13 Å². The molecule has 0 atom stereocenters. The number of aryl methyl sites for hydroxylation is 1. The fraction of sp³-hybridized carbons (Fsp3) is 0.0833. The zero-order chi connectivity index (χ0) is 21.1. The van der Waals surface area contributed by atoms with Crippen LogP contribution < -0.4 is 4.74 Å². The number of aromatic nitrogens is 2. The minimum atomic E-state index is -0.286. The van der Waals surface area contributed by atoms with Gasteiger partial charge in [-0.15, -0.1) is 0 Å². The normalized spacial score (nSPS) is 11.5. The summed E-state index contributed by atoms with van der Waals surface area (Å²) < 4.78 is 19.9. The molecule has 1 N–H and O–H groups in total. The molecular formula is C24H17BrFN3O. The molecule has 0 radical (unpaired) electrons. The molecule has 6 heteroatoms. The SMILES string of the molecule is Cc1ccc2nc(/C(C#N)=C\c3cc(Br)ccc3OCc3ccc(F)cc3)[nH]c2c1. The molecule has 1 aromatic heterocycles. The summed E-state index contributed by atoms with van der Waals surface area (Å²) in [5, 5.41) is 9.75. The third-order valence-corrected chi connectivity index (χ3v) is 5.09. The molecule has 0 bridgehead atoms. The van der Waals surface area contributed by atoms with Crippen molar-refractivity contribution >= 4 is 38.6 Å². The molecule has 0 unspecified atom stereocenters. The number of fused-ring (bicyclic) bond motifs is 1. The number of allylic oxidation sites excluding steroid dienone is 1. The molecule has 4 nitrogen and oxygen atoms in total. The van der Waals surface area contributed by atoms with Gasteiger partial charge in [0.1, 0.15) is 30.1 Å². The van der Waals surface area contributed by atoms with E-state index in [0.29, 0.717) is 17.1 Å². The minimum Gasteiger partial charge on any atom is -0.488 e. The molecular weight excluding hydrogens is 445 g/mol. The predicted octanol–water partition coefficient (Wildman–Crippen LogP) is 6.42. The van der Waals surface area contributed by atoms with Crippen molar-refractivity contribution in [2.75, 3.05) is 0 Å². The highest BCUT2D eigenvalue weighted by atomic mass is 79.9. The van der Waals surface area contributed by atoms with Crippen LogP contribution in [-0.2, 0) is 6.61 Å². The molecule has 3 aromatic carbocycles. The van der Waals surface area contributed by atoms with Gasteiger partial charge in [-0.3, -0.25) is 0 Å². The Morgan fingerprint density at radius 1 is 1.17 bits per heavy atom. The van der Waals surface area contributed by atoms with E-state index in [2.05, 4.69) is 32.0 Å². The summed E-state index contributed by atoms with van der Waals surface area (Å²) in [5.74, 6) is 0.829. The Balaban J connectivity index is 1.67. The first-order valence-corrected chi connectivity index (χ1v) is 10.1. The van der Waals surface area contributed by atoms with Crippen molar-refractivity contribution in [3.8, 4) is 11.8 Å². The molecule has 0 saturated carbocycles. The van der Waals surface area contributed by atoms with Crippen molar-refractivity contribution in [1.82, 2.24) is 9.97 Å². The lowest BCUT2D eigenvalue weighted by Gasteiger charge is -2.10. The van der Waals surface area contributed by atoms with Gasteiger partial charge in [-0.25, -0.2) is 9.37 Å². The van der Waals surface area contributed by atoms with Gasteiger partial charge in [0.2, 0.25) is 0 Å². The molecule has 0 saturated heterocycles. The number of imidazole rings is 1. The Labute approximate surface area is 181 Å². The van der Waals surface area contributed by atoms with E-state index >= 15 is 0 Å². The van der Waals surface area contributed by atoms with Crippen LogP contribution in [0.1, 0.15) is 22.5 Å². The van der Waals surface area contributed by atoms with Crippen LogP contribution in [0.2, 0.25) is 0 Å². The molecule has 0 spiro atoms. The molecule has 4 aromatic rings. The fourth-order valence-electron chi connectivity index (χ4n) is 3.07. The van der Waals surface area contributed by atoms with Crippen LogP contribution in [0, 0.1) is 24.1 Å². The van der Waals surface area contributed by atoms with Crippen molar-refractivity contribution in [2.45, 2.75) is 13.5 Å². The van der Waals surface area contributed by atoms with E-state index in [-0.39, 0.29) is 12.4 Å². The number of nitrogens with one attached hydrogen (secondary N) is 1. The molecule has 0 aliphatic rings. The minimum absolute atomic E-state index is 0.286. The van der Waals surface area contributed by atoms with E-state index in [4.69, 9.17) is 4.74 Å². The van der Waals surface area contributed by atoms with Gasteiger partial charge in [-0.1, -0.05) is 34.1 Å². The van der Waals surface area contributed by atoms with Gasteiger partial charge in [0, 0.05) is 10.0 Å². The Bertz CT molecular complexity index is 1290. The number of H-pyrrole nitrogens is 1. The molecule has 0 aliphatic carbocycles. The van der Waals surface area contributed by atoms with Gasteiger partial charge in [0.15, 0.2) is 0 Å². The van der Waals surface area contributed by atoms with Crippen LogP contribution >= 0.6 is 15.9 Å². The lowest BCUT2D eigenvalue weighted by atomic mass is 10.1. The standard InChI is InChI=1S/C24H17BrFN3O/c1-15-2-8-21-22(10-15)29-24(28-21)18(13-27)11-17-12-19(25)5-9-23(17)30-14-16-3-6-20(26)7-4-16/h2-12H,14H2,1H3,(H,28,29)/b18-11-. The molecule has 0 aliphatic heterocycles. The summed E-state index contributed by atoms with van der Waals surface area (Å²) in [6.07, 6.45) is 1.75. The number of halogens is 2. The number of rotatable bonds is 5. The topological polar surface area (TPSA) is 61.7 Å². The first kappa shape index (κ1) is 19.9. The second-order valence-corrected chi connectivity index (χ2v) is 7.79. The number of nitriles is 1. The monoisotopic (exact) mass is 461 g/mol. The predicted molar refractivity (Wildman–Crippen MR) is 119 cm³/mol. The summed E-state index contributed by atoms with van der Waals surface area (Å²) in [5.41, 5.74) is 4.78. The smallest absolute Gasteiger partial charge is 0.149 e. The zero-order valence-corrected chi connectivity index (χ0v) is 17.7. The number of hydrogen-bond donors (Lipinski definition) is 1. The average Bonchev–Trinajstić information content (AvgIpc) is 3.15. The van der Waals surface area contributed by atoms with Gasteiger partial charge in [0.25, 0.3) is 0 Å². The summed E-state index contributed by atoms with van der Waals surface area (Å²) in [6, 6.07) is 19.9. The first-order chi connectivity index (χ1) is 14.5. The Kier molecular flexibility index (Phi) is 5.64. The van der Waals surface area contributed by atoms with Gasteiger partial charge in [-0.2, -0.15) is 5.26 Å². The van der Waals surface area contributed by atoms with Crippen LogP contribution in [0.15, 0.2) is 65.1 Å². The van der Waals surface area contributed by atoms with Crippen molar-refractivity contribution in [3.63, 3.8) is 0 Å². The number of aromatic amines is 1. The Hall–Kier alpha value is -3.43. The van der Waals surface area contributed by atoms with E-state index in [1.54, 1.807) is 18.2 Å². The van der Waals surface area contributed by atoms with Crippen molar-refractivity contribution in [2.24, 2.45) is 0 Å². The zero-order valence-electron chi connectivity index (χ0n) is 16.1. The summed E-state index contributed by atoms with van der Waals surface area (Å²) >= 11 is 3.47. The molecule has 4 rings (SSSR count). The number of ether oxygens (including phenoxy) is 1. The number of hydrogen-bond acceptors (Lipinski definition) is 3. The average molecular weight is 462 g/mol. The third-order valence-electron chi connectivity index (χ3n) is 4.59. The van der Waals surface area contributed by atoms with Crippen LogP contribution in [0.25, 0.3) is 22.7 Å². The quantitative estimate of drug-likeness (QED) is 0.349. The highest BCUT2D eigenvalue weighted by molar-refractivity contribution is 9.10. The summed E-state index contributed by atoms with van der Waals surface area (Å²) in [6.45, 7) is 2.29. The van der Waals surface area contributed by atoms with Crippen LogP contribution in [0.4, 0.5) is 4.39 Å². The molecule has 148 valence electrons. The summed E-state index contributed by atoms with van der Waals surface area (Å²) in [4.78, 5) is 7.76. The van der Waals surface area contributed by atoms with E-state index in [1.807, 2.05) is 43.3 Å². The van der Waals surface area contributed by atoms with Gasteiger partial charge < -0.3 is 9.72 Å². The number of nitrogens with zero attached hydrogens (tertiary/aromatic N) is 2. The van der Waals surface area contributed by atoms with E-state index < -0.39 is 0 Å². The second kappa shape index (κ2) is 8.52. The van der Waals surface area contributed by atoms with E-state index in [9.17, 15) is 9.65 Å². The Morgan fingerprint density at radius 2 is 1.97 bits per heavy atom. The van der Waals surface area contributed by atoms with Crippen molar-refractivity contribution in [1.29, 1.82) is 5.26 Å². The van der Waals surface area contributed by atoms with E-state index in [1.165, 1.54) is 12.1 Å². The lowest BCUT2D eigenvalue weighted by molar-refractivity contribution is 0.305. The van der Waals surface area contributed by atoms with Gasteiger partial charge >= 0.3 is 0 Å². The van der Waals surface area contributed by atoms with Gasteiger partial charge in [0.05, 0.1) is 16.6 Å². The highest BCUT2D eigenvalue weighted by Gasteiger charge is 2.11. The fourth-order valence-corrected chi connectivity index (χ4v) is 3.44. The molecule has 0 fully saturated rings. The number of benzene rings is 3. The van der Waals surface area contributed by atoms with E-state index in [0.717, 1.165) is 32.2 Å². The maximum atomic E-state index is 13.1. The molecule has 0 amide bonds. The van der Waals surface area contributed by atoms with Crippen LogP contribution in [0.3, 0.4) is 0 Å². The summed E-state index contributed by atoms with van der Waals surface area (Å²) in [7, 11) is 0. The largest absolute Gasteiger partial charge is 0.488 e. The molecule has 1 heterocycles. The lowest BCUT2D eigenvalue weighted by Crippen LogP contribution is -1.97.